The fourth-order valence-corrected chi connectivity index (χ4v) is 4.60. The molecule has 0 amide bonds. The second-order valence-electron chi connectivity index (χ2n) is 9.39. The number of hydrogen-bond acceptors (Lipinski definition) is 4. The van der Waals surface area contributed by atoms with Crippen LogP contribution in [-0.4, -0.2) is 30.3 Å². The van der Waals surface area contributed by atoms with Crippen molar-refractivity contribution in [2.24, 2.45) is 5.73 Å². The van der Waals surface area contributed by atoms with Crippen LogP contribution in [0.4, 0.5) is 5.69 Å². The van der Waals surface area contributed by atoms with Crippen molar-refractivity contribution in [1.29, 1.82) is 0 Å². The molecule has 1 aliphatic heterocycles. The van der Waals surface area contributed by atoms with Gasteiger partial charge in [-0.1, -0.05) is 70.4 Å². The van der Waals surface area contributed by atoms with Crippen LogP contribution in [0.3, 0.4) is 0 Å². The van der Waals surface area contributed by atoms with Crippen molar-refractivity contribution in [2.45, 2.75) is 89.5 Å². The summed E-state index contributed by atoms with van der Waals surface area (Å²) in [6.45, 7) is 4.96. The number of nitrogens with zero attached hydrogens (tertiary/aromatic N) is 2. The molecule has 31 heavy (non-hydrogen) atoms. The zero-order valence-electron chi connectivity index (χ0n) is 19.6. The van der Waals surface area contributed by atoms with Gasteiger partial charge in [0.2, 0.25) is 0 Å². The van der Waals surface area contributed by atoms with Crippen molar-refractivity contribution >= 4 is 5.69 Å². The van der Waals surface area contributed by atoms with Crippen molar-refractivity contribution < 1.29 is 4.74 Å². The first kappa shape index (κ1) is 23.7. The molecule has 0 bridgehead atoms. The lowest BCUT2D eigenvalue weighted by atomic mass is 9.88. The molecule has 1 saturated carbocycles. The van der Waals surface area contributed by atoms with Gasteiger partial charge in [-0.2, -0.15) is 0 Å². The van der Waals surface area contributed by atoms with Crippen LogP contribution in [0.15, 0.2) is 48.8 Å². The fourth-order valence-electron chi connectivity index (χ4n) is 4.60. The van der Waals surface area contributed by atoms with Crippen LogP contribution in [0.25, 0.3) is 0 Å². The Morgan fingerprint density at radius 2 is 1.68 bits per heavy atom. The number of anilines is 1. The lowest BCUT2D eigenvalue weighted by Crippen LogP contribution is -2.38. The van der Waals surface area contributed by atoms with E-state index in [0.717, 1.165) is 38.2 Å². The van der Waals surface area contributed by atoms with Crippen molar-refractivity contribution in [2.75, 3.05) is 24.7 Å². The van der Waals surface area contributed by atoms with E-state index in [1.165, 1.54) is 63.5 Å². The van der Waals surface area contributed by atoms with Crippen LogP contribution in [0, 0.1) is 0 Å². The zero-order chi connectivity index (χ0) is 21.8. The van der Waals surface area contributed by atoms with Crippen LogP contribution >= 0.6 is 0 Å². The van der Waals surface area contributed by atoms with Gasteiger partial charge in [-0.3, -0.25) is 0 Å². The van der Waals surface area contributed by atoms with Gasteiger partial charge in [0.1, 0.15) is 12.4 Å². The SMILES string of the molecule is CCCCCCCN1C=CN(c2ccc(OCC=CCC3(N)CCCCCC3)cc2)C1. The molecule has 1 heterocycles. The molecule has 4 heteroatoms. The van der Waals surface area contributed by atoms with E-state index >= 15 is 0 Å². The summed E-state index contributed by atoms with van der Waals surface area (Å²) in [5, 5.41) is 0. The summed E-state index contributed by atoms with van der Waals surface area (Å²) in [4.78, 5) is 4.70. The monoisotopic (exact) mass is 425 g/mol. The number of rotatable bonds is 12. The molecule has 1 aromatic carbocycles. The molecule has 2 N–H and O–H groups in total. The topological polar surface area (TPSA) is 41.7 Å². The molecule has 0 unspecified atom stereocenters. The molecule has 0 atom stereocenters. The normalized spacial score (nSPS) is 18.6. The quantitative estimate of drug-likeness (QED) is 0.233. The first-order valence-corrected chi connectivity index (χ1v) is 12.5. The maximum absolute atomic E-state index is 6.58. The lowest BCUT2D eigenvalue weighted by molar-refractivity contribution is 0.357. The Morgan fingerprint density at radius 3 is 2.42 bits per heavy atom. The van der Waals surface area contributed by atoms with E-state index in [0.29, 0.717) is 6.61 Å². The van der Waals surface area contributed by atoms with Gasteiger partial charge in [0.05, 0.1) is 6.67 Å². The highest BCUT2D eigenvalue weighted by molar-refractivity contribution is 5.52. The van der Waals surface area contributed by atoms with E-state index in [9.17, 15) is 0 Å². The largest absolute Gasteiger partial charge is 0.490 e. The zero-order valence-corrected chi connectivity index (χ0v) is 19.6. The van der Waals surface area contributed by atoms with E-state index in [2.05, 4.69) is 65.5 Å². The molecule has 1 fully saturated rings. The maximum atomic E-state index is 6.58. The molecule has 0 spiro atoms. The molecule has 2 aliphatic rings. The van der Waals surface area contributed by atoms with Crippen LogP contribution in [0.1, 0.15) is 84.0 Å². The molecule has 0 radical (unpaired) electrons. The summed E-state index contributed by atoms with van der Waals surface area (Å²) in [5.41, 5.74) is 7.79. The maximum Gasteiger partial charge on any atom is 0.119 e. The lowest BCUT2D eigenvalue weighted by Gasteiger charge is -2.26. The molecule has 1 aliphatic carbocycles. The first-order chi connectivity index (χ1) is 15.2. The van der Waals surface area contributed by atoms with E-state index in [-0.39, 0.29) is 5.54 Å². The Labute approximate surface area is 190 Å². The Morgan fingerprint density at radius 1 is 0.935 bits per heavy atom. The number of ether oxygens (including phenoxy) is 1. The Hall–Kier alpha value is -1.94. The summed E-state index contributed by atoms with van der Waals surface area (Å²) < 4.78 is 5.90. The Bertz CT molecular complexity index is 674. The molecule has 4 nitrogen and oxygen atoms in total. The summed E-state index contributed by atoms with van der Waals surface area (Å²) in [6, 6.07) is 8.43. The number of nitrogens with two attached hydrogens (primary N) is 1. The first-order valence-electron chi connectivity index (χ1n) is 12.5. The predicted octanol–water partition coefficient (Wildman–Crippen LogP) is 6.58. The summed E-state index contributed by atoms with van der Waals surface area (Å²) >= 11 is 0. The molecule has 1 aromatic rings. The van der Waals surface area contributed by atoms with Gasteiger partial charge in [-0.05, 0) is 49.9 Å². The second kappa shape index (κ2) is 12.8. The predicted molar refractivity (Wildman–Crippen MR) is 132 cm³/mol. The highest BCUT2D eigenvalue weighted by Gasteiger charge is 2.24. The van der Waals surface area contributed by atoms with Gasteiger partial charge >= 0.3 is 0 Å². The van der Waals surface area contributed by atoms with Crippen molar-refractivity contribution in [3.63, 3.8) is 0 Å². The average Bonchev–Trinajstić information content (AvgIpc) is 3.14. The third-order valence-electron chi connectivity index (χ3n) is 6.65. The van der Waals surface area contributed by atoms with E-state index < -0.39 is 0 Å². The summed E-state index contributed by atoms with van der Waals surface area (Å²) in [7, 11) is 0. The molecule has 0 saturated heterocycles. The number of hydrogen-bond donors (Lipinski definition) is 1. The summed E-state index contributed by atoms with van der Waals surface area (Å²) in [6.07, 6.45) is 23.9. The van der Waals surface area contributed by atoms with Crippen molar-refractivity contribution in [1.82, 2.24) is 4.90 Å². The molecule has 0 aromatic heterocycles. The average molecular weight is 426 g/mol. The second-order valence-corrected chi connectivity index (χ2v) is 9.39. The Balaban J connectivity index is 1.34. The molecular weight excluding hydrogens is 382 g/mol. The van der Waals surface area contributed by atoms with E-state index in [1.54, 1.807) is 0 Å². The molecule has 3 rings (SSSR count). The van der Waals surface area contributed by atoms with Crippen LogP contribution in [0.2, 0.25) is 0 Å². The summed E-state index contributed by atoms with van der Waals surface area (Å²) in [5.74, 6) is 0.918. The van der Waals surface area contributed by atoms with Gasteiger partial charge in [0.15, 0.2) is 0 Å². The van der Waals surface area contributed by atoms with Crippen LogP contribution in [-0.2, 0) is 0 Å². The van der Waals surface area contributed by atoms with Gasteiger partial charge in [-0.25, -0.2) is 0 Å². The fraction of sp³-hybridized carbons (Fsp3) is 0.630. The Kier molecular flexibility index (Phi) is 9.80. The van der Waals surface area contributed by atoms with Crippen molar-refractivity contribution in [3.05, 3.63) is 48.8 Å². The van der Waals surface area contributed by atoms with Gasteiger partial charge in [-0.15, -0.1) is 0 Å². The smallest absolute Gasteiger partial charge is 0.119 e. The number of unbranched alkanes of at least 4 members (excludes halogenated alkanes) is 4. The van der Waals surface area contributed by atoms with E-state index in [1.807, 2.05) is 0 Å². The highest BCUT2D eigenvalue weighted by Crippen LogP contribution is 2.28. The third kappa shape index (κ3) is 8.25. The van der Waals surface area contributed by atoms with E-state index in [4.69, 9.17) is 10.5 Å². The molecular formula is C27H43N3O. The third-order valence-corrected chi connectivity index (χ3v) is 6.65. The standard InChI is InChI=1S/C27H43N3O/c1-2-3-4-7-11-20-29-21-22-30(24-29)25-13-15-26(16-14-25)31-23-12-10-19-27(28)17-8-5-6-9-18-27/h10,12-16,21-22H,2-9,11,17-20,23-24,28H2,1H3. The van der Waals surface area contributed by atoms with Gasteiger partial charge in [0.25, 0.3) is 0 Å². The van der Waals surface area contributed by atoms with Gasteiger partial charge in [0, 0.05) is 30.2 Å². The minimum Gasteiger partial charge on any atom is -0.490 e. The van der Waals surface area contributed by atoms with Crippen molar-refractivity contribution in [3.8, 4) is 5.75 Å². The van der Waals surface area contributed by atoms with Crippen LogP contribution < -0.4 is 15.4 Å². The minimum absolute atomic E-state index is 0.00127. The minimum atomic E-state index is 0.00127. The van der Waals surface area contributed by atoms with Crippen LogP contribution in [0.5, 0.6) is 5.75 Å². The molecule has 172 valence electrons. The highest BCUT2D eigenvalue weighted by atomic mass is 16.5. The number of benzene rings is 1. The van der Waals surface area contributed by atoms with Gasteiger partial charge < -0.3 is 20.3 Å².